The van der Waals surface area contributed by atoms with Crippen molar-refractivity contribution < 1.29 is 9.66 Å². The van der Waals surface area contributed by atoms with Crippen LogP contribution < -0.4 is 10.1 Å². The number of nitrogens with zero attached hydrogens (tertiary/aromatic N) is 2. The maximum Gasteiger partial charge on any atom is 0.313 e. The van der Waals surface area contributed by atoms with Gasteiger partial charge in [0.2, 0.25) is 0 Å². The summed E-state index contributed by atoms with van der Waals surface area (Å²) < 4.78 is 5.43. The molecule has 0 saturated carbocycles. The number of nitro groups is 1. The number of ether oxygens (including phenoxy) is 1. The lowest BCUT2D eigenvalue weighted by molar-refractivity contribution is -0.386. The molecule has 6 heteroatoms. The molecule has 0 heterocycles. The molecule has 6 nitrogen and oxygen atoms in total. The van der Waals surface area contributed by atoms with E-state index in [4.69, 9.17) is 10.00 Å². The fourth-order valence-electron chi connectivity index (χ4n) is 1.73. The number of para-hydroxylation sites is 1. The molecule has 0 saturated heterocycles. The number of nitrogens with one attached hydrogen (secondary N) is 1. The molecule has 102 valence electrons. The van der Waals surface area contributed by atoms with Gasteiger partial charge in [-0.2, -0.15) is 5.26 Å². The molecule has 0 fully saturated rings. The van der Waals surface area contributed by atoms with Gasteiger partial charge in [-0.25, -0.2) is 0 Å². The Morgan fingerprint density at radius 1 is 1.58 bits per heavy atom. The molecule has 0 aromatic heterocycles. The fourth-order valence-corrected chi connectivity index (χ4v) is 1.73. The minimum Gasteiger partial charge on any atom is -0.487 e. The topological polar surface area (TPSA) is 88.2 Å². The van der Waals surface area contributed by atoms with E-state index in [1.54, 1.807) is 25.1 Å². The summed E-state index contributed by atoms with van der Waals surface area (Å²) in [5.74, 6) is 0.248. The van der Waals surface area contributed by atoms with Gasteiger partial charge in [-0.15, -0.1) is 0 Å². The van der Waals surface area contributed by atoms with Crippen LogP contribution in [0, 0.1) is 28.4 Å². The Morgan fingerprint density at radius 2 is 2.32 bits per heavy atom. The van der Waals surface area contributed by atoms with Crippen LogP contribution in [0.5, 0.6) is 5.75 Å². The van der Waals surface area contributed by atoms with Crippen molar-refractivity contribution >= 4 is 5.69 Å². The number of nitro benzene ring substituents is 1. The molecule has 0 aliphatic heterocycles. The lowest BCUT2D eigenvalue weighted by atomic mass is 10.2. The molecule has 1 atom stereocenters. The van der Waals surface area contributed by atoms with Crippen molar-refractivity contribution in [3.63, 3.8) is 0 Å². The van der Waals surface area contributed by atoms with Crippen LogP contribution in [-0.4, -0.2) is 24.1 Å². The second-order valence-electron chi connectivity index (χ2n) is 4.06. The summed E-state index contributed by atoms with van der Waals surface area (Å²) in [4.78, 5) is 10.5. The van der Waals surface area contributed by atoms with Crippen molar-refractivity contribution in [2.75, 3.05) is 13.2 Å². The molecule has 0 spiro atoms. The van der Waals surface area contributed by atoms with Gasteiger partial charge >= 0.3 is 5.69 Å². The van der Waals surface area contributed by atoms with Crippen LogP contribution in [0.1, 0.15) is 18.9 Å². The molecular formula is C13H17N3O3. The highest BCUT2D eigenvalue weighted by Gasteiger charge is 2.18. The second-order valence-corrected chi connectivity index (χ2v) is 4.06. The maximum atomic E-state index is 11.0. The molecule has 19 heavy (non-hydrogen) atoms. The van der Waals surface area contributed by atoms with Gasteiger partial charge < -0.3 is 10.1 Å². The molecule has 1 N–H and O–H groups in total. The van der Waals surface area contributed by atoms with E-state index in [1.165, 1.54) is 0 Å². The van der Waals surface area contributed by atoms with Crippen LogP contribution in [-0.2, 0) is 0 Å². The summed E-state index contributed by atoms with van der Waals surface area (Å²) in [6.45, 7) is 4.54. The molecule has 1 aromatic rings. The van der Waals surface area contributed by atoms with Gasteiger partial charge in [0.25, 0.3) is 0 Å². The molecule has 0 bridgehead atoms. The Morgan fingerprint density at radius 3 is 2.89 bits per heavy atom. The summed E-state index contributed by atoms with van der Waals surface area (Å²) in [5.41, 5.74) is 0.547. The Kier molecular flexibility index (Phi) is 5.76. The average Bonchev–Trinajstić information content (AvgIpc) is 2.37. The summed E-state index contributed by atoms with van der Waals surface area (Å²) in [7, 11) is 0. The zero-order valence-corrected chi connectivity index (χ0v) is 11.0. The molecule has 0 amide bonds. The predicted octanol–water partition coefficient (Wildman–Crippen LogP) is 2.17. The lowest BCUT2D eigenvalue weighted by Crippen LogP contribution is -2.28. The number of hydrogen-bond acceptors (Lipinski definition) is 5. The van der Waals surface area contributed by atoms with E-state index in [2.05, 4.69) is 11.4 Å². The van der Waals surface area contributed by atoms with Gasteiger partial charge in [-0.3, -0.25) is 10.1 Å². The minimum absolute atomic E-state index is 0.0144. The SMILES string of the molecule is CCNC(C#N)CCOc1cccc(C)c1[N+](=O)[O-]. The molecule has 1 unspecified atom stereocenters. The van der Waals surface area contributed by atoms with Crippen molar-refractivity contribution in [2.45, 2.75) is 26.3 Å². The van der Waals surface area contributed by atoms with E-state index in [9.17, 15) is 10.1 Å². The molecule has 1 rings (SSSR count). The van der Waals surface area contributed by atoms with Crippen LogP contribution >= 0.6 is 0 Å². The Hall–Kier alpha value is -2.13. The highest BCUT2D eigenvalue weighted by Crippen LogP contribution is 2.30. The number of nitriles is 1. The number of benzene rings is 1. The Balaban J connectivity index is 2.66. The van der Waals surface area contributed by atoms with E-state index in [-0.39, 0.29) is 24.1 Å². The van der Waals surface area contributed by atoms with E-state index >= 15 is 0 Å². The zero-order valence-electron chi connectivity index (χ0n) is 11.0. The molecule has 0 radical (unpaired) electrons. The third-order valence-electron chi connectivity index (χ3n) is 2.65. The maximum absolute atomic E-state index is 11.0. The highest BCUT2D eigenvalue weighted by atomic mass is 16.6. The van der Waals surface area contributed by atoms with Crippen LogP contribution in [0.2, 0.25) is 0 Å². The largest absolute Gasteiger partial charge is 0.487 e. The summed E-state index contributed by atoms with van der Waals surface area (Å²) in [5, 5.41) is 22.8. The summed E-state index contributed by atoms with van der Waals surface area (Å²) >= 11 is 0. The standard InChI is InChI=1S/C13H17N3O3/c1-3-15-11(9-14)7-8-19-12-6-4-5-10(2)13(12)16(17)18/h4-6,11,15H,3,7-8H2,1-2H3. The molecule has 1 aromatic carbocycles. The minimum atomic E-state index is -0.448. The van der Waals surface area contributed by atoms with Crippen molar-refractivity contribution in [1.29, 1.82) is 5.26 Å². The van der Waals surface area contributed by atoms with Crippen LogP contribution in [0.3, 0.4) is 0 Å². The van der Waals surface area contributed by atoms with Crippen molar-refractivity contribution in [1.82, 2.24) is 5.32 Å². The summed E-state index contributed by atoms with van der Waals surface area (Å²) in [6.07, 6.45) is 0.482. The van der Waals surface area contributed by atoms with Gasteiger partial charge in [0.15, 0.2) is 5.75 Å². The number of hydrogen-bond donors (Lipinski definition) is 1. The monoisotopic (exact) mass is 263 g/mol. The van der Waals surface area contributed by atoms with Gasteiger partial charge in [0.1, 0.15) is 0 Å². The smallest absolute Gasteiger partial charge is 0.313 e. The first-order valence-corrected chi connectivity index (χ1v) is 6.10. The molecule has 0 aliphatic rings. The van der Waals surface area contributed by atoms with Crippen molar-refractivity contribution in [2.24, 2.45) is 0 Å². The van der Waals surface area contributed by atoms with Crippen molar-refractivity contribution in [3.8, 4) is 11.8 Å². The van der Waals surface area contributed by atoms with Crippen molar-refractivity contribution in [3.05, 3.63) is 33.9 Å². The highest BCUT2D eigenvalue weighted by molar-refractivity contribution is 5.51. The second kappa shape index (κ2) is 7.34. The Labute approximate surface area is 112 Å². The normalized spacial score (nSPS) is 11.6. The predicted molar refractivity (Wildman–Crippen MR) is 71.0 cm³/mol. The van der Waals surface area contributed by atoms with E-state index < -0.39 is 4.92 Å². The first-order chi connectivity index (χ1) is 9.10. The number of rotatable bonds is 7. The van der Waals surface area contributed by atoms with E-state index in [0.29, 0.717) is 18.5 Å². The van der Waals surface area contributed by atoms with Gasteiger partial charge in [0, 0.05) is 12.0 Å². The van der Waals surface area contributed by atoms with Crippen LogP contribution in [0.15, 0.2) is 18.2 Å². The summed E-state index contributed by atoms with van der Waals surface area (Å²) in [6, 6.07) is 6.77. The van der Waals surface area contributed by atoms with Gasteiger partial charge in [0.05, 0.1) is 23.6 Å². The number of aryl methyl sites for hydroxylation is 1. The van der Waals surface area contributed by atoms with E-state index in [1.807, 2.05) is 6.92 Å². The van der Waals surface area contributed by atoms with Gasteiger partial charge in [-0.1, -0.05) is 19.1 Å². The average molecular weight is 263 g/mol. The Bertz CT molecular complexity index is 483. The quantitative estimate of drug-likeness (QED) is 0.601. The first kappa shape index (κ1) is 14.9. The molecular weight excluding hydrogens is 246 g/mol. The first-order valence-electron chi connectivity index (χ1n) is 6.10. The third-order valence-corrected chi connectivity index (χ3v) is 2.65. The molecule has 0 aliphatic carbocycles. The fraction of sp³-hybridized carbons (Fsp3) is 0.462. The van der Waals surface area contributed by atoms with Crippen LogP contribution in [0.4, 0.5) is 5.69 Å². The zero-order chi connectivity index (χ0) is 14.3. The van der Waals surface area contributed by atoms with Crippen LogP contribution in [0.25, 0.3) is 0 Å². The third kappa shape index (κ3) is 4.23. The van der Waals surface area contributed by atoms with Gasteiger partial charge in [-0.05, 0) is 19.5 Å². The van der Waals surface area contributed by atoms with E-state index in [0.717, 1.165) is 0 Å². The lowest BCUT2D eigenvalue weighted by Gasteiger charge is -2.11.